The lowest BCUT2D eigenvalue weighted by Crippen LogP contribution is -2.03. The van der Waals surface area contributed by atoms with Gasteiger partial charge in [-0.3, -0.25) is 0 Å². The van der Waals surface area contributed by atoms with E-state index in [-0.39, 0.29) is 22.3 Å². The summed E-state index contributed by atoms with van der Waals surface area (Å²) in [5.74, 6) is 0.180. The number of benzene rings is 1. The largest absolute Gasteiger partial charge is 0.488 e. The van der Waals surface area contributed by atoms with Gasteiger partial charge in [0.1, 0.15) is 17.3 Å². The van der Waals surface area contributed by atoms with Crippen LogP contribution in [-0.4, -0.2) is 15.0 Å². The fourth-order valence-corrected chi connectivity index (χ4v) is 2.31. The quantitative estimate of drug-likeness (QED) is 0.615. The first kappa shape index (κ1) is 14.4. The van der Waals surface area contributed by atoms with Crippen LogP contribution < -0.4 is 4.74 Å². The Balaban J connectivity index is 3.04. The van der Waals surface area contributed by atoms with Gasteiger partial charge in [0.2, 0.25) is 0 Å². The first-order valence-corrected chi connectivity index (χ1v) is 7.57. The molecule has 0 saturated carbocycles. The van der Waals surface area contributed by atoms with Gasteiger partial charge in [-0.1, -0.05) is 25.1 Å². The van der Waals surface area contributed by atoms with Gasteiger partial charge in [-0.2, -0.15) is 0 Å². The molecule has 0 aliphatic heterocycles. The maximum absolute atomic E-state index is 11.3. The van der Waals surface area contributed by atoms with Crippen LogP contribution in [0.5, 0.6) is 5.75 Å². The van der Waals surface area contributed by atoms with Gasteiger partial charge in [-0.15, -0.1) is 0 Å². The third-order valence-electron chi connectivity index (χ3n) is 2.10. The SMILES string of the molecule is C=C(CC)COc1ccc(Cl)cc1S(=O)(=O)Cl. The summed E-state index contributed by atoms with van der Waals surface area (Å²) in [5.41, 5.74) is 0.859. The molecule has 0 N–H and O–H groups in total. The van der Waals surface area contributed by atoms with Crippen LogP contribution in [0.2, 0.25) is 5.02 Å². The van der Waals surface area contributed by atoms with E-state index >= 15 is 0 Å². The van der Waals surface area contributed by atoms with Crippen molar-refractivity contribution in [2.75, 3.05) is 6.61 Å². The van der Waals surface area contributed by atoms with Crippen molar-refractivity contribution in [3.8, 4) is 5.75 Å². The van der Waals surface area contributed by atoms with Crippen LogP contribution in [0.3, 0.4) is 0 Å². The molecule has 0 bridgehead atoms. The highest BCUT2D eigenvalue weighted by atomic mass is 35.7. The molecule has 6 heteroatoms. The second kappa shape index (κ2) is 5.76. The standard InChI is InChI=1S/C11H12Cl2O3S/c1-3-8(2)7-16-10-5-4-9(12)6-11(10)17(13,14)15/h4-6H,2-3,7H2,1H3. The number of rotatable bonds is 5. The van der Waals surface area contributed by atoms with Gasteiger partial charge >= 0.3 is 0 Å². The van der Waals surface area contributed by atoms with Gasteiger partial charge in [0, 0.05) is 15.7 Å². The Morgan fingerprint density at radius 1 is 1.47 bits per heavy atom. The molecule has 0 atom stereocenters. The van der Waals surface area contributed by atoms with Crippen LogP contribution >= 0.6 is 22.3 Å². The summed E-state index contributed by atoms with van der Waals surface area (Å²) < 4.78 is 28.0. The van der Waals surface area contributed by atoms with Crippen LogP contribution in [0.4, 0.5) is 0 Å². The Bertz CT molecular complexity index is 524. The Hall–Kier alpha value is -0.710. The van der Waals surface area contributed by atoms with Crippen molar-refractivity contribution in [3.05, 3.63) is 35.4 Å². The summed E-state index contributed by atoms with van der Waals surface area (Å²) in [6.45, 7) is 5.95. The highest BCUT2D eigenvalue weighted by molar-refractivity contribution is 8.13. The summed E-state index contributed by atoms with van der Waals surface area (Å²) in [7, 11) is 1.42. The minimum Gasteiger partial charge on any atom is -0.488 e. The minimum absolute atomic E-state index is 0.129. The second-order valence-electron chi connectivity index (χ2n) is 3.42. The van der Waals surface area contributed by atoms with E-state index in [1.54, 1.807) is 0 Å². The first-order chi connectivity index (χ1) is 7.84. The molecule has 0 aliphatic carbocycles. The van der Waals surface area contributed by atoms with E-state index in [1.165, 1.54) is 18.2 Å². The predicted octanol–water partition coefficient (Wildman–Crippen LogP) is 3.61. The molecule has 1 aromatic rings. The molecule has 0 amide bonds. The smallest absolute Gasteiger partial charge is 0.265 e. The molecule has 0 heterocycles. The van der Waals surface area contributed by atoms with Gasteiger partial charge in [0.25, 0.3) is 9.05 Å². The molecular formula is C11H12Cl2O3S. The van der Waals surface area contributed by atoms with Crippen molar-refractivity contribution in [1.82, 2.24) is 0 Å². The zero-order valence-corrected chi connectivity index (χ0v) is 11.6. The van der Waals surface area contributed by atoms with E-state index in [2.05, 4.69) is 6.58 Å². The van der Waals surface area contributed by atoms with E-state index in [1.807, 2.05) is 6.92 Å². The molecule has 0 aromatic heterocycles. The molecule has 94 valence electrons. The fraction of sp³-hybridized carbons (Fsp3) is 0.273. The normalized spacial score (nSPS) is 11.2. The third-order valence-corrected chi connectivity index (χ3v) is 3.68. The van der Waals surface area contributed by atoms with Crippen molar-refractivity contribution >= 4 is 31.3 Å². The Morgan fingerprint density at radius 2 is 2.12 bits per heavy atom. The number of hydrogen-bond acceptors (Lipinski definition) is 3. The van der Waals surface area contributed by atoms with E-state index in [9.17, 15) is 8.42 Å². The van der Waals surface area contributed by atoms with Gasteiger partial charge in [-0.05, 0) is 30.2 Å². The Kier molecular flexibility index (Phi) is 4.86. The molecule has 0 fully saturated rings. The molecule has 17 heavy (non-hydrogen) atoms. The van der Waals surface area contributed by atoms with Crippen molar-refractivity contribution < 1.29 is 13.2 Å². The molecule has 0 saturated heterocycles. The summed E-state index contributed by atoms with van der Waals surface area (Å²) >= 11 is 5.72. The highest BCUT2D eigenvalue weighted by Gasteiger charge is 2.17. The average molecular weight is 295 g/mol. The van der Waals surface area contributed by atoms with Crippen LogP contribution in [0.25, 0.3) is 0 Å². The maximum atomic E-state index is 11.3. The summed E-state index contributed by atoms with van der Waals surface area (Å²) in [6.07, 6.45) is 0.760. The topological polar surface area (TPSA) is 43.4 Å². The molecule has 0 aliphatic rings. The molecule has 3 nitrogen and oxygen atoms in total. The lowest BCUT2D eigenvalue weighted by molar-refractivity contribution is 0.340. The molecule has 1 rings (SSSR count). The molecule has 1 aromatic carbocycles. The Morgan fingerprint density at radius 3 is 2.65 bits per heavy atom. The lowest BCUT2D eigenvalue weighted by atomic mass is 10.2. The zero-order valence-electron chi connectivity index (χ0n) is 9.24. The van der Waals surface area contributed by atoms with Crippen molar-refractivity contribution in [3.63, 3.8) is 0 Å². The van der Waals surface area contributed by atoms with Crippen LogP contribution in [-0.2, 0) is 9.05 Å². The molecule has 0 radical (unpaired) electrons. The van der Waals surface area contributed by atoms with Crippen molar-refractivity contribution in [1.29, 1.82) is 0 Å². The van der Waals surface area contributed by atoms with E-state index < -0.39 is 9.05 Å². The molecular weight excluding hydrogens is 283 g/mol. The van der Waals surface area contributed by atoms with Gasteiger partial charge in [-0.25, -0.2) is 8.42 Å². The predicted molar refractivity (Wildman–Crippen MR) is 69.4 cm³/mol. The van der Waals surface area contributed by atoms with Crippen molar-refractivity contribution in [2.24, 2.45) is 0 Å². The van der Waals surface area contributed by atoms with Gasteiger partial charge < -0.3 is 4.74 Å². The number of ether oxygens (including phenoxy) is 1. The average Bonchev–Trinajstić information content (AvgIpc) is 2.25. The lowest BCUT2D eigenvalue weighted by Gasteiger charge is -2.10. The minimum atomic E-state index is -3.88. The van der Waals surface area contributed by atoms with Gasteiger partial charge in [0.15, 0.2) is 0 Å². The van der Waals surface area contributed by atoms with E-state index in [0.29, 0.717) is 0 Å². The second-order valence-corrected chi connectivity index (χ2v) is 6.39. The molecule has 0 spiro atoms. The summed E-state index contributed by atoms with van der Waals surface area (Å²) in [4.78, 5) is -0.129. The number of halogens is 2. The van der Waals surface area contributed by atoms with Crippen LogP contribution in [0.1, 0.15) is 13.3 Å². The Labute approximate surface area is 110 Å². The van der Waals surface area contributed by atoms with Crippen LogP contribution in [0.15, 0.2) is 35.2 Å². The van der Waals surface area contributed by atoms with Gasteiger partial charge in [0.05, 0.1) is 0 Å². The summed E-state index contributed by atoms with van der Waals surface area (Å²) in [6, 6.07) is 4.27. The third kappa shape index (κ3) is 4.22. The van der Waals surface area contributed by atoms with Crippen LogP contribution in [0, 0.1) is 0 Å². The number of hydrogen-bond donors (Lipinski definition) is 0. The van der Waals surface area contributed by atoms with Crippen molar-refractivity contribution in [2.45, 2.75) is 18.2 Å². The highest BCUT2D eigenvalue weighted by Crippen LogP contribution is 2.30. The first-order valence-electron chi connectivity index (χ1n) is 4.88. The van der Waals surface area contributed by atoms with E-state index in [0.717, 1.165) is 12.0 Å². The monoisotopic (exact) mass is 294 g/mol. The molecule has 0 unspecified atom stereocenters. The van der Waals surface area contributed by atoms with E-state index in [4.69, 9.17) is 27.0 Å². The fourth-order valence-electron chi connectivity index (χ4n) is 1.07. The zero-order chi connectivity index (χ0) is 13.1. The summed E-state index contributed by atoms with van der Waals surface area (Å²) in [5, 5.41) is 0.283. The maximum Gasteiger partial charge on any atom is 0.265 e.